The van der Waals surface area contributed by atoms with E-state index in [0.29, 0.717) is 42.5 Å². The van der Waals surface area contributed by atoms with Gasteiger partial charge in [0.2, 0.25) is 0 Å². The number of aromatic nitrogens is 2. The van der Waals surface area contributed by atoms with E-state index in [1.807, 2.05) is 64.8 Å². The Morgan fingerprint density at radius 3 is 2.71 bits per heavy atom. The zero-order valence-corrected chi connectivity index (χ0v) is 18.9. The zero-order valence-electron chi connectivity index (χ0n) is 18.1. The minimum absolute atomic E-state index is 0.0213. The molecule has 1 amide bonds. The Hall–Kier alpha value is -4.35. The fourth-order valence-corrected chi connectivity index (χ4v) is 4.35. The summed E-state index contributed by atoms with van der Waals surface area (Å²) in [6.07, 6.45) is 3.44. The van der Waals surface area contributed by atoms with Gasteiger partial charge in [-0.3, -0.25) is 9.48 Å². The summed E-state index contributed by atoms with van der Waals surface area (Å²) in [4.78, 5) is 13.9. The van der Waals surface area contributed by atoms with Gasteiger partial charge >= 0.3 is 0 Å². The Bertz CT molecular complexity index is 1390. The first-order chi connectivity index (χ1) is 16.7. The molecule has 1 N–H and O–H groups in total. The predicted octanol–water partition coefficient (Wildman–Crippen LogP) is 4.98. The summed E-state index contributed by atoms with van der Waals surface area (Å²) in [6, 6.07) is 21.1. The van der Waals surface area contributed by atoms with Crippen molar-refractivity contribution in [2.75, 3.05) is 18.5 Å². The second-order valence-electron chi connectivity index (χ2n) is 7.58. The lowest BCUT2D eigenvalue weighted by Crippen LogP contribution is -2.17. The van der Waals surface area contributed by atoms with Gasteiger partial charge in [-0.2, -0.15) is 10.4 Å². The number of amides is 1. The Labute approximate surface area is 200 Å². The Balaban J connectivity index is 1.43. The van der Waals surface area contributed by atoms with Crippen molar-refractivity contribution >= 4 is 29.0 Å². The topological polar surface area (TPSA) is 89.2 Å². The highest BCUT2D eigenvalue weighted by molar-refractivity contribution is 7.13. The van der Waals surface area contributed by atoms with Crippen molar-refractivity contribution in [2.45, 2.75) is 6.54 Å². The van der Waals surface area contributed by atoms with E-state index in [1.54, 1.807) is 35.6 Å². The molecular weight excluding hydrogens is 448 g/mol. The molecule has 8 heteroatoms. The van der Waals surface area contributed by atoms with Crippen LogP contribution in [0.4, 0.5) is 5.69 Å². The molecular formula is C26H20N4O3S. The van der Waals surface area contributed by atoms with Crippen molar-refractivity contribution in [1.82, 2.24) is 9.78 Å². The minimum Gasteiger partial charge on any atom is -0.486 e. The monoisotopic (exact) mass is 468 g/mol. The van der Waals surface area contributed by atoms with Crippen LogP contribution in [-0.4, -0.2) is 28.9 Å². The van der Waals surface area contributed by atoms with Crippen LogP contribution in [0.15, 0.2) is 77.8 Å². The number of hydrogen-bond acceptors (Lipinski definition) is 6. The maximum absolute atomic E-state index is 12.9. The van der Waals surface area contributed by atoms with Crippen LogP contribution in [0.3, 0.4) is 0 Å². The first kappa shape index (κ1) is 21.5. The van der Waals surface area contributed by atoms with E-state index in [-0.39, 0.29) is 5.57 Å². The van der Waals surface area contributed by atoms with Gasteiger partial charge in [0, 0.05) is 23.5 Å². The molecule has 3 heterocycles. The summed E-state index contributed by atoms with van der Waals surface area (Å²) in [5.74, 6) is 0.688. The number of benzene rings is 2. The van der Waals surface area contributed by atoms with Crippen molar-refractivity contribution in [3.63, 3.8) is 0 Å². The average Bonchev–Trinajstić information content (AvgIpc) is 3.53. The lowest BCUT2D eigenvalue weighted by molar-refractivity contribution is -0.112. The molecule has 0 saturated heterocycles. The second kappa shape index (κ2) is 9.65. The SMILES string of the molecule is N#C/C(=C\c1cn(Cc2ccccc2)nc1-c1cccs1)C(=O)Nc1ccc2c(c1)OCCO2. The van der Waals surface area contributed by atoms with Crippen LogP contribution < -0.4 is 14.8 Å². The highest BCUT2D eigenvalue weighted by Crippen LogP contribution is 2.33. The van der Waals surface area contributed by atoms with E-state index in [1.165, 1.54) is 0 Å². The minimum atomic E-state index is -0.507. The molecule has 0 fully saturated rings. The van der Waals surface area contributed by atoms with Crippen LogP contribution >= 0.6 is 11.3 Å². The summed E-state index contributed by atoms with van der Waals surface area (Å²) >= 11 is 1.55. The predicted molar refractivity (Wildman–Crippen MR) is 131 cm³/mol. The number of anilines is 1. The molecule has 0 aliphatic carbocycles. The van der Waals surface area contributed by atoms with Gasteiger partial charge in [-0.1, -0.05) is 36.4 Å². The van der Waals surface area contributed by atoms with Crippen molar-refractivity contribution in [1.29, 1.82) is 5.26 Å². The molecule has 4 aromatic rings. The average molecular weight is 469 g/mol. The third kappa shape index (κ3) is 4.70. The quantitative estimate of drug-likeness (QED) is 0.319. The Morgan fingerprint density at radius 2 is 1.94 bits per heavy atom. The van der Waals surface area contributed by atoms with Crippen LogP contribution in [0.25, 0.3) is 16.6 Å². The third-order valence-corrected chi connectivity index (χ3v) is 6.07. The molecule has 168 valence electrons. The van der Waals surface area contributed by atoms with Crippen molar-refractivity contribution < 1.29 is 14.3 Å². The molecule has 1 aliphatic rings. The summed E-state index contributed by atoms with van der Waals surface area (Å²) < 4.78 is 12.9. The van der Waals surface area contributed by atoms with Crippen molar-refractivity contribution in [3.05, 3.63) is 88.9 Å². The van der Waals surface area contributed by atoms with Gasteiger partial charge in [-0.25, -0.2) is 0 Å². The molecule has 0 unspecified atom stereocenters. The molecule has 2 aromatic heterocycles. The van der Waals surface area contributed by atoms with Crippen LogP contribution in [0, 0.1) is 11.3 Å². The highest BCUT2D eigenvalue weighted by atomic mass is 32.1. The van der Waals surface area contributed by atoms with Gasteiger partial charge < -0.3 is 14.8 Å². The standard InChI is InChI=1S/C26H20N4O3S/c27-15-19(26(31)28-21-8-9-22-23(14-21)33-11-10-32-22)13-20-17-30(16-18-5-2-1-3-6-18)29-25(20)24-7-4-12-34-24/h1-9,12-14,17H,10-11,16H2,(H,28,31)/b19-13+. The molecule has 5 rings (SSSR count). The normalized spacial score (nSPS) is 12.7. The van der Waals surface area contributed by atoms with E-state index in [9.17, 15) is 10.1 Å². The molecule has 0 spiro atoms. The number of fused-ring (bicyclic) bond motifs is 1. The summed E-state index contributed by atoms with van der Waals surface area (Å²) in [6.45, 7) is 1.52. The number of thiophene rings is 1. The first-order valence-corrected chi connectivity index (χ1v) is 11.6. The Morgan fingerprint density at radius 1 is 1.12 bits per heavy atom. The smallest absolute Gasteiger partial charge is 0.266 e. The summed E-state index contributed by atoms with van der Waals surface area (Å²) in [7, 11) is 0. The highest BCUT2D eigenvalue weighted by Gasteiger charge is 2.17. The fraction of sp³-hybridized carbons (Fsp3) is 0.115. The molecule has 0 saturated carbocycles. The molecule has 1 aliphatic heterocycles. The maximum atomic E-state index is 12.9. The first-order valence-electron chi connectivity index (χ1n) is 10.7. The van der Waals surface area contributed by atoms with Crippen LogP contribution in [0.5, 0.6) is 11.5 Å². The van der Waals surface area contributed by atoms with Gasteiger partial charge in [0.25, 0.3) is 5.91 Å². The van der Waals surface area contributed by atoms with Crippen LogP contribution in [-0.2, 0) is 11.3 Å². The molecule has 0 bridgehead atoms. The van der Waals surface area contributed by atoms with Gasteiger partial charge in [-0.05, 0) is 35.2 Å². The second-order valence-corrected chi connectivity index (χ2v) is 8.52. The van der Waals surface area contributed by atoms with Gasteiger partial charge in [0.05, 0.1) is 11.4 Å². The fourth-order valence-electron chi connectivity index (χ4n) is 3.62. The zero-order chi connectivity index (χ0) is 23.3. The molecule has 0 atom stereocenters. The van der Waals surface area contributed by atoms with Crippen molar-refractivity contribution in [3.8, 4) is 28.1 Å². The van der Waals surface area contributed by atoms with E-state index in [2.05, 4.69) is 5.32 Å². The number of nitrogens with one attached hydrogen (secondary N) is 1. The maximum Gasteiger partial charge on any atom is 0.266 e. The van der Waals surface area contributed by atoms with Crippen LogP contribution in [0.1, 0.15) is 11.1 Å². The molecule has 34 heavy (non-hydrogen) atoms. The van der Waals surface area contributed by atoms with Crippen molar-refractivity contribution in [2.24, 2.45) is 0 Å². The Kier molecular flexibility index (Phi) is 6.10. The van der Waals surface area contributed by atoms with Gasteiger partial charge in [0.1, 0.15) is 30.6 Å². The number of carbonyl (C=O) groups excluding carboxylic acids is 1. The molecule has 2 aromatic carbocycles. The number of nitriles is 1. The van der Waals surface area contributed by atoms with Gasteiger partial charge in [-0.15, -0.1) is 11.3 Å². The lowest BCUT2D eigenvalue weighted by atomic mass is 10.1. The number of nitrogens with zero attached hydrogens (tertiary/aromatic N) is 3. The molecule has 7 nitrogen and oxygen atoms in total. The summed E-state index contributed by atoms with van der Waals surface area (Å²) in [5.41, 5.74) is 3.04. The number of carbonyl (C=O) groups is 1. The van der Waals surface area contributed by atoms with E-state index >= 15 is 0 Å². The van der Waals surface area contributed by atoms with E-state index in [0.717, 1.165) is 16.1 Å². The third-order valence-electron chi connectivity index (χ3n) is 5.20. The largest absolute Gasteiger partial charge is 0.486 e. The van der Waals surface area contributed by atoms with Crippen LogP contribution in [0.2, 0.25) is 0 Å². The number of hydrogen-bond donors (Lipinski definition) is 1. The van der Waals surface area contributed by atoms with E-state index < -0.39 is 5.91 Å². The van der Waals surface area contributed by atoms with E-state index in [4.69, 9.17) is 14.6 Å². The molecule has 0 radical (unpaired) electrons. The summed E-state index contributed by atoms with van der Waals surface area (Å²) in [5, 5.41) is 19.2. The number of ether oxygens (including phenoxy) is 2. The number of rotatable bonds is 6. The lowest BCUT2D eigenvalue weighted by Gasteiger charge is -2.18. The van der Waals surface area contributed by atoms with Gasteiger partial charge in [0.15, 0.2) is 11.5 Å².